The van der Waals surface area contributed by atoms with Crippen molar-refractivity contribution in [3.05, 3.63) is 71.8 Å². The molecule has 3 aromatic carbocycles. The Morgan fingerprint density at radius 2 is 1.60 bits per heavy atom. The molecule has 40 heavy (non-hydrogen) atoms. The van der Waals surface area contributed by atoms with E-state index in [-0.39, 0.29) is 28.4 Å². The average molecular weight is 591 g/mol. The van der Waals surface area contributed by atoms with Crippen LogP contribution in [0, 0.1) is 6.92 Å². The normalized spacial score (nSPS) is 12.6. The summed E-state index contributed by atoms with van der Waals surface area (Å²) in [6, 6.07) is 14.2. The molecule has 0 bridgehead atoms. The largest absolute Gasteiger partial charge is 0.480 e. The van der Waals surface area contributed by atoms with Crippen LogP contribution in [-0.2, 0) is 35.9 Å². The SMILES string of the molecule is Cc1c(CC(C(=O)Nc2ccc(-c3ccccc3S(C)(=O)=O)cc2)N(CC(=O)O)S(C)(=O)=O)ccc(NO)c1N. The van der Waals surface area contributed by atoms with Gasteiger partial charge < -0.3 is 16.2 Å². The number of hydrogen-bond donors (Lipinski definition) is 5. The highest BCUT2D eigenvalue weighted by molar-refractivity contribution is 7.90. The van der Waals surface area contributed by atoms with Crippen LogP contribution >= 0.6 is 0 Å². The maximum Gasteiger partial charge on any atom is 0.318 e. The number of nitrogen functional groups attached to an aromatic ring is 1. The number of amides is 1. The predicted octanol–water partition coefficient (Wildman–Crippen LogP) is 2.34. The highest BCUT2D eigenvalue weighted by Crippen LogP contribution is 2.29. The number of carbonyl (C=O) groups is 2. The van der Waals surface area contributed by atoms with Crippen LogP contribution in [0.5, 0.6) is 0 Å². The van der Waals surface area contributed by atoms with E-state index >= 15 is 0 Å². The predicted molar refractivity (Wildman–Crippen MR) is 151 cm³/mol. The Morgan fingerprint density at radius 1 is 0.975 bits per heavy atom. The van der Waals surface area contributed by atoms with E-state index in [0.717, 1.165) is 12.5 Å². The third-order valence-electron chi connectivity index (χ3n) is 6.28. The molecule has 0 aromatic heterocycles. The lowest BCUT2D eigenvalue weighted by atomic mass is 9.98. The van der Waals surface area contributed by atoms with Crippen LogP contribution in [0.2, 0.25) is 0 Å². The number of anilines is 3. The number of aliphatic carboxylic acids is 1. The number of benzene rings is 3. The summed E-state index contributed by atoms with van der Waals surface area (Å²) in [6.45, 7) is 0.665. The van der Waals surface area contributed by atoms with Crippen molar-refractivity contribution in [2.75, 3.05) is 35.6 Å². The molecule has 1 amide bonds. The van der Waals surface area contributed by atoms with Crippen molar-refractivity contribution >= 4 is 48.8 Å². The third kappa shape index (κ3) is 7.15. The first kappa shape index (κ1) is 30.6. The highest BCUT2D eigenvalue weighted by atomic mass is 32.2. The van der Waals surface area contributed by atoms with Crippen LogP contribution in [0.4, 0.5) is 17.1 Å². The Balaban J connectivity index is 1.98. The molecule has 0 fully saturated rings. The van der Waals surface area contributed by atoms with E-state index in [4.69, 9.17) is 5.73 Å². The van der Waals surface area contributed by atoms with Gasteiger partial charge in [-0.2, -0.15) is 4.31 Å². The quantitative estimate of drug-likeness (QED) is 0.163. The van der Waals surface area contributed by atoms with Gasteiger partial charge in [-0.15, -0.1) is 0 Å². The fourth-order valence-corrected chi connectivity index (χ4v) is 6.09. The minimum Gasteiger partial charge on any atom is -0.480 e. The second-order valence-electron chi connectivity index (χ2n) is 9.18. The summed E-state index contributed by atoms with van der Waals surface area (Å²) in [4.78, 5) is 25.1. The van der Waals surface area contributed by atoms with E-state index < -0.39 is 44.3 Å². The number of sulfonamides is 1. The van der Waals surface area contributed by atoms with E-state index in [1.807, 2.05) is 5.48 Å². The van der Waals surface area contributed by atoms with Crippen molar-refractivity contribution in [3.63, 3.8) is 0 Å². The molecule has 3 rings (SSSR count). The van der Waals surface area contributed by atoms with Crippen LogP contribution < -0.4 is 16.5 Å². The second kappa shape index (κ2) is 12.0. The van der Waals surface area contributed by atoms with Gasteiger partial charge in [0.05, 0.1) is 22.5 Å². The first-order chi connectivity index (χ1) is 18.6. The summed E-state index contributed by atoms with van der Waals surface area (Å²) < 4.78 is 50.1. The molecule has 3 aromatic rings. The minimum absolute atomic E-state index is 0.140. The van der Waals surface area contributed by atoms with Gasteiger partial charge >= 0.3 is 5.97 Å². The summed E-state index contributed by atoms with van der Waals surface area (Å²) in [5.74, 6) is -2.24. The Morgan fingerprint density at radius 3 is 2.15 bits per heavy atom. The van der Waals surface area contributed by atoms with E-state index in [2.05, 4.69) is 5.32 Å². The fraction of sp³-hybridized carbons (Fsp3) is 0.231. The van der Waals surface area contributed by atoms with Crippen molar-refractivity contribution in [1.82, 2.24) is 4.31 Å². The zero-order valence-electron chi connectivity index (χ0n) is 22.0. The second-order valence-corrected chi connectivity index (χ2v) is 13.1. The molecule has 0 spiro atoms. The van der Waals surface area contributed by atoms with Gasteiger partial charge in [0.15, 0.2) is 9.84 Å². The number of nitrogens with zero attached hydrogens (tertiary/aromatic N) is 1. The van der Waals surface area contributed by atoms with Gasteiger partial charge in [-0.25, -0.2) is 16.8 Å². The van der Waals surface area contributed by atoms with E-state index in [0.29, 0.717) is 26.6 Å². The summed E-state index contributed by atoms with van der Waals surface area (Å²) in [5, 5.41) is 21.2. The molecule has 6 N–H and O–H groups in total. The number of rotatable bonds is 11. The Kier molecular flexibility index (Phi) is 9.20. The maximum atomic E-state index is 13.5. The smallest absolute Gasteiger partial charge is 0.318 e. The lowest BCUT2D eigenvalue weighted by Gasteiger charge is -2.28. The first-order valence-corrected chi connectivity index (χ1v) is 15.5. The van der Waals surface area contributed by atoms with Crippen LogP contribution in [0.15, 0.2) is 65.6 Å². The number of nitrogens with two attached hydrogens (primary N) is 1. The Bertz CT molecular complexity index is 1640. The Hall–Kier alpha value is -3.98. The lowest BCUT2D eigenvalue weighted by Crippen LogP contribution is -2.50. The van der Waals surface area contributed by atoms with Gasteiger partial charge in [0.25, 0.3) is 0 Å². The van der Waals surface area contributed by atoms with Crippen LogP contribution in [0.3, 0.4) is 0 Å². The molecule has 0 saturated carbocycles. The molecule has 0 aliphatic rings. The molecule has 12 nitrogen and oxygen atoms in total. The van der Waals surface area contributed by atoms with Gasteiger partial charge in [0, 0.05) is 17.5 Å². The molecule has 14 heteroatoms. The third-order valence-corrected chi connectivity index (χ3v) is 8.67. The van der Waals surface area contributed by atoms with Crippen molar-refractivity contribution in [1.29, 1.82) is 0 Å². The number of sulfone groups is 1. The van der Waals surface area contributed by atoms with Crippen molar-refractivity contribution < 1.29 is 36.7 Å². The highest BCUT2D eigenvalue weighted by Gasteiger charge is 2.35. The number of carboxylic acid groups (broad SMARTS) is 1. The summed E-state index contributed by atoms with van der Waals surface area (Å²) in [5.41, 5.74) is 10.6. The molecule has 0 heterocycles. The number of carbonyl (C=O) groups excluding carboxylic acids is 1. The van der Waals surface area contributed by atoms with E-state index in [9.17, 15) is 36.7 Å². The number of hydrogen-bond acceptors (Lipinski definition) is 9. The molecule has 0 radical (unpaired) electrons. The molecule has 0 aliphatic heterocycles. The monoisotopic (exact) mass is 590 g/mol. The standard InChI is InChI=1S/C26H30N4O8S2/c1-16-18(10-13-21(29-34)25(16)27)14-22(30(15-24(31)32)40(3,37)38)26(33)28-19-11-8-17(9-12-19)20-6-4-5-7-23(20)39(2,35)36/h4-13,22,29,34H,14-15,27H2,1-3H3,(H,28,33)(H,31,32). The van der Waals surface area contributed by atoms with Crippen molar-refractivity contribution in [3.8, 4) is 11.1 Å². The summed E-state index contributed by atoms with van der Waals surface area (Å²) >= 11 is 0. The molecular weight excluding hydrogens is 560 g/mol. The first-order valence-electron chi connectivity index (χ1n) is 11.8. The molecule has 0 aliphatic carbocycles. The van der Waals surface area contributed by atoms with Crippen LogP contribution in [0.25, 0.3) is 11.1 Å². The molecule has 214 valence electrons. The molecule has 0 saturated heterocycles. The number of carboxylic acids is 1. The van der Waals surface area contributed by atoms with E-state index in [1.54, 1.807) is 43.3 Å². The van der Waals surface area contributed by atoms with Gasteiger partial charge in [0.1, 0.15) is 12.6 Å². The topological polar surface area (TPSA) is 196 Å². The molecular formula is C26H30N4O8S2. The number of nitrogens with one attached hydrogen (secondary N) is 2. The van der Waals surface area contributed by atoms with Crippen LogP contribution in [-0.4, -0.2) is 68.4 Å². The Labute approximate surface area is 232 Å². The summed E-state index contributed by atoms with van der Waals surface area (Å²) in [7, 11) is -7.67. The fourth-order valence-electron chi connectivity index (χ4n) is 4.20. The maximum absolute atomic E-state index is 13.5. The van der Waals surface area contributed by atoms with Gasteiger partial charge in [-0.3, -0.25) is 20.3 Å². The minimum atomic E-state index is -4.16. The zero-order valence-corrected chi connectivity index (χ0v) is 23.6. The van der Waals surface area contributed by atoms with Crippen LogP contribution in [0.1, 0.15) is 11.1 Å². The van der Waals surface area contributed by atoms with Crippen molar-refractivity contribution in [2.24, 2.45) is 0 Å². The van der Waals surface area contributed by atoms with E-state index in [1.165, 1.54) is 24.3 Å². The van der Waals surface area contributed by atoms with Crippen molar-refractivity contribution in [2.45, 2.75) is 24.3 Å². The zero-order chi connectivity index (χ0) is 29.8. The van der Waals surface area contributed by atoms with Gasteiger partial charge in [-0.1, -0.05) is 36.4 Å². The van der Waals surface area contributed by atoms with Gasteiger partial charge in [0.2, 0.25) is 15.9 Å². The average Bonchev–Trinajstić information content (AvgIpc) is 2.87. The molecule has 1 atom stereocenters. The molecule has 1 unspecified atom stereocenters. The lowest BCUT2D eigenvalue weighted by molar-refractivity contribution is -0.137. The summed E-state index contributed by atoms with van der Waals surface area (Å²) in [6.07, 6.45) is 1.70. The van der Waals surface area contributed by atoms with Gasteiger partial charge in [-0.05, 0) is 54.3 Å².